The minimum absolute atomic E-state index is 0.493. The van der Waals surface area contributed by atoms with Gasteiger partial charge in [-0.05, 0) is 66.9 Å². The maximum absolute atomic E-state index is 11.4. The van der Waals surface area contributed by atoms with Crippen molar-refractivity contribution in [1.82, 2.24) is 9.91 Å². The third kappa shape index (κ3) is 13.3. The van der Waals surface area contributed by atoms with Crippen molar-refractivity contribution in [1.29, 1.82) is 0 Å². The smallest absolute Gasteiger partial charge is 0.163 e. The lowest BCUT2D eigenvalue weighted by molar-refractivity contribution is 0.112. The quantitative estimate of drug-likeness (QED) is 0.0144. The fourth-order valence-electron chi connectivity index (χ4n) is 7.56. The van der Waals surface area contributed by atoms with E-state index in [0.717, 1.165) is 49.2 Å². The first kappa shape index (κ1) is 43.1. The number of nitrogens with one attached hydrogen (secondary N) is 1. The number of unbranched alkanes of at least 4 members (excludes halogenated alkanes) is 12. The van der Waals surface area contributed by atoms with Gasteiger partial charge in [0, 0.05) is 55.1 Å². The lowest BCUT2D eigenvalue weighted by Crippen LogP contribution is -2.52. The molecule has 0 bridgehead atoms. The summed E-state index contributed by atoms with van der Waals surface area (Å²) in [4.78, 5) is 11.4. The molecular formula is C51H66N5O+. The van der Waals surface area contributed by atoms with Gasteiger partial charge in [0.25, 0.3) is 0 Å². The number of carbonyl (C=O) groups is 1. The van der Waals surface area contributed by atoms with Crippen LogP contribution in [0.2, 0.25) is 0 Å². The highest BCUT2D eigenvalue weighted by atomic mass is 16.1. The molecular weight excluding hydrogens is 699 g/mol. The molecule has 0 saturated heterocycles. The van der Waals surface area contributed by atoms with Crippen LogP contribution in [0.5, 0.6) is 0 Å². The molecule has 0 amide bonds. The lowest BCUT2D eigenvalue weighted by Gasteiger charge is -2.39. The second kappa shape index (κ2) is 24.6. The second-order valence-electron chi connectivity index (χ2n) is 15.2. The fourth-order valence-corrected chi connectivity index (χ4v) is 7.56. The Morgan fingerprint density at radius 1 is 0.491 bits per heavy atom. The normalized spacial score (nSPS) is 11.5. The Morgan fingerprint density at radius 3 is 1.47 bits per heavy atom. The zero-order valence-electron chi connectivity index (χ0n) is 34.7. The van der Waals surface area contributed by atoms with E-state index in [9.17, 15) is 4.79 Å². The zero-order valence-corrected chi connectivity index (χ0v) is 34.7. The fraction of sp³-hybridized carbons (Fsp3) is 0.373. The third-order valence-electron chi connectivity index (χ3n) is 10.9. The topological polar surface area (TPSA) is 47.9 Å². The summed E-state index contributed by atoms with van der Waals surface area (Å²) in [6.07, 6.45) is 20.5. The second-order valence-corrected chi connectivity index (χ2v) is 15.2. The highest BCUT2D eigenvalue weighted by molar-refractivity contribution is 5.82. The lowest BCUT2D eigenvalue weighted by atomic mass is 10.1. The number of rotatable bonds is 27. The van der Waals surface area contributed by atoms with Crippen LogP contribution in [-0.4, -0.2) is 32.3 Å². The largest absolute Gasteiger partial charge is 0.304 e. The summed E-state index contributed by atoms with van der Waals surface area (Å²) < 4.78 is 0.493. The van der Waals surface area contributed by atoms with Gasteiger partial charge in [-0.3, -0.25) is 9.80 Å². The molecule has 0 spiro atoms. The number of hydrogen-bond donors (Lipinski definition) is 1. The van der Waals surface area contributed by atoms with Gasteiger partial charge in [-0.1, -0.05) is 145 Å². The standard InChI is InChI=1S/C51H66N5O/c1-3-5-7-9-11-13-24-40-54(48-36-32-46(43-57)33-37-48)52-42-45-34-38-51(39-35-45)56(49-28-20-16-21-29-49,50-30-22-17-23-31-50)44-53-55(47-26-18-15-19-27-47)41-25-14-12-10-8-6-4-2/h15-23,26-39,42-43,53H,3-14,24-25,40-41,44H2,1-2H3/q+1. The SMILES string of the molecule is CCCCCCCCCN(N=Cc1ccc([N+](CNN(CCCCCCCCC)c2ccccc2)(c2ccccc2)c2ccccc2)cc1)c1ccc(C=O)cc1. The minimum Gasteiger partial charge on any atom is -0.304 e. The number of hydrazine groups is 1. The minimum atomic E-state index is 0.493. The summed E-state index contributed by atoms with van der Waals surface area (Å²) in [7, 11) is 0. The van der Waals surface area contributed by atoms with Crippen molar-refractivity contribution in [3.05, 3.63) is 151 Å². The number of hydrazone groups is 1. The van der Waals surface area contributed by atoms with E-state index in [2.05, 4.69) is 145 Å². The van der Waals surface area contributed by atoms with E-state index in [1.807, 2.05) is 30.5 Å². The molecule has 300 valence electrons. The molecule has 0 fully saturated rings. The molecule has 6 heteroatoms. The number of carbonyl (C=O) groups excluding carboxylic acids is 1. The van der Waals surface area contributed by atoms with Crippen molar-refractivity contribution < 1.29 is 4.79 Å². The van der Waals surface area contributed by atoms with Crippen LogP contribution in [0.15, 0.2) is 145 Å². The predicted octanol–water partition coefficient (Wildman–Crippen LogP) is 13.8. The number of para-hydroxylation sites is 3. The number of anilines is 2. The van der Waals surface area contributed by atoms with Crippen LogP contribution in [0.1, 0.15) is 120 Å². The summed E-state index contributed by atoms with van der Waals surface area (Å²) in [6.45, 7) is 6.92. The molecule has 0 saturated carbocycles. The molecule has 0 unspecified atom stereocenters. The zero-order chi connectivity index (χ0) is 39.8. The highest BCUT2D eigenvalue weighted by Crippen LogP contribution is 2.43. The Morgan fingerprint density at radius 2 is 0.947 bits per heavy atom. The molecule has 0 aliphatic heterocycles. The van der Waals surface area contributed by atoms with E-state index in [1.54, 1.807) is 0 Å². The van der Waals surface area contributed by atoms with Gasteiger partial charge in [-0.25, -0.2) is 4.48 Å². The summed E-state index contributed by atoms with van der Waals surface area (Å²) in [6, 6.07) is 49.1. The van der Waals surface area contributed by atoms with Crippen LogP contribution in [0.25, 0.3) is 0 Å². The predicted molar refractivity (Wildman–Crippen MR) is 245 cm³/mol. The maximum atomic E-state index is 11.4. The first-order chi connectivity index (χ1) is 28.2. The van der Waals surface area contributed by atoms with Gasteiger partial charge in [-0.2, -0.15) is 10.5 Å². The monoisotopic (exact) mass is 765 g/mol. The first-order valence-electron chi connectivity index (χ1n) is 21.7. The number of quaternary nitrogens is 1. The molecule has 5 rings (SSSR count). The van der Waals surface area contributed by atoms with Gasteiger partial charge in [0.2, 0.25) is 0 Å². The molecule has 0 heterocycles. The van der Waals surface area contributed by atoms with E-state index in [1.165, 1.54) is 94.1 Å². The first-order valence-corrected chi connectivity index (χ1v) is 21.7. The molecule has 57 heavy (non-hydrogen) atoms. The summed E-state index contributed by atoms with van der Waals surface area (Å²) in [5.41, 5.74) is 11.4. The van der Waals surface area contributed by atoms with E-state index in [4.69, 9.17) is 5.10 Å². The van der Waals surface area contributed by atoms with Gasteiger partial charge in [0.05, 0.1) is 17.6 Å². The molecule has 6 nitrogen and oxygen atoms in total. The van der Waals surface area contributed by atoms with Crippen molar-refractivity contribution in [3.63, 3.8) is 0 Å². The van der Waals surface area contributed by atoms with Crippen molar-refractivity contribution in [3.8, 4) is 0 Å². The van der Waals surface area contributed by atoms with Crippen molar-refractivity contribution in [2.24, 2.45) is 5.10 Å². The summed E-state index contributed by atoms with van der Waals surface area (Å²) in [5, 5.41) is 9.45. The van der Waals surface area contributed by atoms with E-state index >= 15 is 0 Å². The molecule has 0 radical (unpaired) electrons. The summed E-state index contributed by atoms with van der Waals surface area (Å²) in [5.74, 6) is 0. The van der Waals surface area contributed by atoms with Gasteiger partial charge >= 0.3 is 0 Å². The number of hydrogen-bond acceptors (Lipinski definition) is 5. The Balaban J connectivity index is 1.41. The average Bonchev–Trinajstić information content (AvgIpc) is 3.27. The molecule has 0 atom stereocenters. The third-order valence-corrected chi connectivity index (χ3v) is 10.9. The Hall–Kier alpha value is -5.04. The highest BCUT2D eigenvalue weighted by Gasteiger charge is 2.36. The van der Waals surface area contributed by atoms with Gasteiger partial charge in [0.1, 0.15) is 23.3 Å². The van der Waals surface area contributed by atoms with Crippen molar-refractivity contribution in [2.45, 2.75) is 104 Å². The van der Waals surface area contributed by atoms with Crippen molar-refractivity contribution in [2.75, 3.05) is 29.8 Å². The molecule has 1 N–H and O–H groups in total. The van der Waals surface area contributed by atoms with E-state index in [0.29, 0.717) is 16.7 Å². The summed E-state index contributed by atoms with van der Waals surface area (Å²) >= 11 is 0. The van der Waals surface area contributed by atoms with Crippen LogP contribution in [-0.2, 0) is 0 Å². The van der Waals surface area contributed by atoms with E-state index < -0.39 is 0 Å². The number of benzene rings is 5. The Labute approximate surface area is 343 Å². The Bertz CT molecular complexity index is 1790. The maximum Gasteiger partial charge on any atom is 0.163 e. The van der Waals surface area contributed by atoms with Crippen LogP contribution in [0.4, 0.5) is 28.4 Å². The van der Waals surface area contributed by atoms with Crippen LogP contribution in [0.3, 0.4) is 0 Å². The molecule has 0 aliphatic carbocycles. The number of nitrogens with zero attached hydrogens (tertiary/aromatic N) is 4. The van der Waals surface area contributed by atoms with Crippen LogP contribution >= 0.6 is 0 Å². The number of aldehydes is 1. The van der Waals surface area contributed by atoms with Crippen LogP contribution in [0, 0.1) is 0 Å². The average molecular weight is 765 g/mol. The molecule has 5 aromatic rings. The Kier molecular flexibility index (Phi) is 18.6. The van der Waals surface area contributed by atoms with E-state index in [-0.39, 0.29) is 0 Å². The molecule has 5 aromatic carbocycles. The van der Waals surface area contributed by atoms with Crippen molar-refractivity contribution >= 4 is 40.9 Å². The van der Waals surface area contributed by atoms with Gasteiger partial charge < -0.3 is 5.01 Å². The molecule has 0 aliphatic rings. The molecule has 0 aromatic heterocycles. The van der Waals surface area contributed by atoms with Gasteiger partial charge in [-0.15, -0.1) is 0 Å². The van der Waals surface area contributed by atoms with Gasteiger partial charge in [0.15, 0.2) is 6.67 Å². The van der Waals surface area contributed by atoms with Crippen LogP contribution < -0.4 is 19.9 Å².